The average molecular weight is 372 g/mol. The molecule has 9 nitrogen and oxygen atoms in total. The molecule has 1 saturated heterocycles. The Bertz CT molecular complexity index is 1120. The van der Waals surface area contributed by atoms with Gasteiger partial charge in [0, 0.05) is 38.4 Å². The maximum absolute atomic E-state index is 14.7. The smallest absolute Gasteiger partial charge is 0.341 e. The van der Waals surface area contributed by atoms with Gasteiger partial charge in [-0.15, -0.1) is 0 Å². The maximum Gasteiger partial charge on any atom is 0.341 e. The Morgan fingerprint density at radius 2 is 2.22 bits per heavy atom. The molecular formula is C17H17FN6O3. The number of nitrogens with two attached hydrogens (primary N) is 1. The fraction of sp³-hybridized carbons (Fsp3) is 0.294. The van der Waals surface area contributed by atoms with Gasteiger partial charge < -0.3 is 15.7 Å². The molecule has 0 aromatic carbocycles. The zero-order valence-corrected chi connectivity index (χ0v) is 14.5. The number of aromatic carboxylic acids is 1. The van der Waals surface area contributed by atoms with E-state index in [2.05, 4.69) is 10.1 Å². The first-order valence-corrected chi connectivity index (χ1v) is 8.35. The Hall–Kier alpha value is -3.27. The highest BCUT2D eigenvalue weighted by Gasteiger charge is 2.26. The van der Waals surface area contributed by atoms with Crippen LogP contribution in [0, 0.1) is 5.82 Å². The highest BCUT2D eigenvalue weighted by molar-refractivity contribution is 5.92. The quantitative estimate of drug-likeness (QED) is 0.687. The maximum atomic E-state index is 14.7. The molecule has 140 valence electrons. The van der Waals surface area contributed by atoms with Crippen molar-refractivity contribution < 1.29 is 14.3 Å². The summed E-state index contributed by atoms with van der Waals surface area (Å²) in [5, 5.41) is 13.3. The van der Waals surface area contributed by atoms with Gasteiger partial charge in [0.2, 0.25) is 5.43 Å². The highest BCUT2D eigenvalue weighted by atomic mass is 19.1. The number of carboxylic acid groups (broad SMARTS) is 1. The molecule has 1 aliphatic heterocycles. The number of carboxylic acids is 1. The number of rotatable bonds is 3. The number of nitrogens with zero attached hydrogens (tertiary/aromatic N) is 5. The fourth-order valence-electron chi connectivity index (χ4n) is 3.35. The third-order valence-corrected chi connectivity index (χ3v) is 4.71. The molecule has 1 unspecified atom stereocenters. The largest absolute Gasteiger partial charge is 0.477 e. The number of anilines is 1. The van der Waals surface area contributed by atoms with Crippen molar-refractivity contribution in [2.45, 2.75) is 12.5 Å². The highest BCUT2D eigenvalue weighted by Crippen LogP contribution is 2.25. The second kappa shape index (κ2) is 6.16. The van der Waals surface area contributed by atoms with E-state index in [0.29, 0.717) is 25.3 Å². The van der Waals surface area contributed by atoms with Gasteiger partial charge in [-0.3, -0.25) is 14.0 Å². The summed E-state index contributed by atoms with van der Waals surface area (Å²) in [6, 6.07) is 2.62. The van der Waals surface area contributed by atoms with E-state index in [4.69, 9.17) is 5.73 Å². The molecule has 1 atom stereocenters. The minimum Gasteiger partial charge on any atom is -0.477 e. The van der Waals surface area contributed by atoms with Gasteiger partial charge in [0.05, 0.1) is 11.6 Å². The predicted octanol–water partition coefficient (Wildman–Crippen LogP) is 0.494. The Morgan fingerprint density at radius 3 is 2.81 bits per heavy atom. The van der Waals surface area contributed by atoms with Crippen molar-refractivity contribution in [3.63, 3.8) is 0 Å². The van der Waals surface area contributed by atoms with Crippen LogP contribution in [0.5, 0.6) is 0 Å². The summed E-state index contributed by atoms with van der Waals surface area (Å²) < 4.78 is 17.6. The van der Waals surface area contributed by atoms with Gasteiger partial charge in [-0.25, -0.2) is 14.2 Å². The molecule has 0 radical (unpaired) electrons. The number of carbonyl (C=O) groups is 1. The minimum atomic E-state index is -1.40. The van der Waals surface area contributed by atoms with Crippen molar-refractivity contribution in [3.8, 4) is 5.82 Å². The Morgan fingerprint density at radius 1 is 1.44 bits per heavy atom. The van der Waals surface area contributed by atoms with Gasteiger partial charge in [-0.1, -0.05) is 0 Å². The van der Waals surface area contributed by atoms with Gasteiger partial charge in [0.1, 0.15) is 11.4 Å². The molecule has 3 aromatic heterocycles. The summed E-state index contributed by atoms with van der Waals surface area (Å²) in [5.74, 6) is -1.50. The first-order valence-electron chi connectivity index (χ1n) is 8.35. The van der Waals surface area contributed by atoms with E-state index in [1.54, 1.807) is 18.0 Å². The molecule has 3 aromatic rings. The van der Waals surface area contributed by atoms with E-state index >= 15 is 0 Å². The molecule has 0 saturated carbocycles. The molecule has 0 amide bonds. The second-order valence-electron chi connectivity index (χ2n) is 6.52. The lowest BCUT2D eigenvalue weighted by atomic mass is 10.2. The number of aryl methyl sites for hydroxylation is 1. The molecule has 1 aliphatic rings. The monoisotopic (exact) mass is 372 g/mol. The second-order valence-corrected chi connectivity index (χ2v) is 6.52. The summed E-state index contributed by atoms with van der Waals surface area (Å²) >= 11 is 0. The van der Waals surface area contributed by atoms with Crippen molar-refractivity contribution >= 4 is 22.8 Å². The summed E-state index contributed by atoms with van der Waals surface area (Å²) in [4.78, 5) is 30.2. The molecular weight excluding hydrogens is 355 g/mol. The van der Waals surface area contributed by atoms with Crippen LogP contribution in [0.25, 0.3) is 16.9 Å². The molecule has 4 rings (SSSR count). The molecule has 0 aliphatic carbocycles. The van der Waals surface area contributed by atoms with Crippen molar-refractivity contribution in [3.05, 3.63) is 46.1 Å². The SMILES string of the molecule is Cn1nccc1-n1cc(C(=O)O)c(=O)c2cc(F)c(N3CCC(N)C3)nc21. The van der Waals surface area contributed by atoms with Crippen molar-refractivity contribution in [2.24, 2.45) is 12.8 Å². The minimum absolute atomic E-state index is 0.0736. The van der Waals surface area contributed by atoms with Crippen LogP contribution >= 0.6 is 0 Å². The summed E-state index contributed by atoms with van der Waals surface area (Å²) in [6.45, 7) is 1.01. The van der Waals surface area contributed by atoms with Crippen LogP contribution in [0.4, 0.5) is 10.2 Å². The normalized spacial score (nSPS) is 17.0. The van der Waals surface area contributed by atoms with Gasteiger partial charge in [0.25, 0.3) is 0 Å². The van der Waals surface area contributed by atoms with Crippen LogP contribution in [0.15, 0.2) is 29.3 Å². The van der Waals surface area contributed by atoms with Crippen LogP contribution < -0.4 is 16.1 Å². The van der Waals surface area contributed by atoms with Crippen LogP contribution in [-0.4, -0.2) is 49.5 Å². The summed E-state index contributed by atoms with van der Waals surface area (Å²) in [5.41, 5.74) is 4.81. The lowest BCUT2D eigenvalue weighted by Crippen LogP contribution is -2.28. The number of hydrogen-bond donors (Lipinski definition) is 2. The molecule has 1 fully saturated rings. The van der Waals surface area contributed by atoms with Crippen LogP contribution in [-0.2, 0) is 7.05 Å². The van der Waals surface area contributed by atoms with Crippen molar-refractivity contribution in [2.75, 3.05) is 18.0 Å². The first kappa shape index (κ1) is 17.2. The van der Waals surface area contributed by atoms with Gasteiger partial charge in [0.15, 0.2) is 17.3 Å². The predicted molar refractivity (Wildman–Crippen MR) is 95.8 cm³/mol. The van der Waals surface area contributed by atoms with Gasteiger partial charge >= 0.3 is 5.97 Å². The number of hydrogen-bond acceptors (Lipinski definition) is 6. The van der Waals surface area contributed by atoms with E-state index in [0.717, 1.165) is 6.07 Å². The first-order chi connectivity index (χ1) is 12.9. The third-order valence-electron chi connectivity index (χ3n) is 4.71. The Kier molecular flexibility index (Phi) is 3.92. The standard InChI is InChI=1S/C17H17FN6O3/c1-22-13(2-4-20-22)24-8-11(17(26)27)14(25)10-6-12(18)16(21-15(10)24)23-5-3-9(19)7-23/h2,4,6,8-9H,3,5,7,19H2,1H3,(H,26,27). The van der Waals surface area contributed by atoms with Gasteiger partial charge in [-0.2, -0.15) is 5.10 Å². The average Bonchev–Trinajstić information content (AvgIpc) is 3.23. The number of fused-ring (bicyclic) bond motifs is 1. The fourth-order valence-corrected chi connectivity index (χ4v) is 3.35. The van der Waals surface area contributed by atoms with Crippen LogP contribution in [0.1, 0.15) is 16.8 Å². The topological polar surface area (TPSA) is 119 Å². The molecule has 3 N–H and O–H groups in total. The zero-order valence-electron chi connectivity index (χ0n) is 14.5. The van der Waals surface area contributed by atoms with E-state index < -0.39 is 22.8 Å². The van der Waals surface area contributed by atoms with Crippen LogP contribution in [0.3, 0.4) is 0 Å². The van der Waals surface area contributed by atoms with Crippen molar-refractivity contribution in [1.29, 1.82) is 0 Å². The lowest BCUT2D eigenvalue weighted by Gasteiger charge is -2.19. The van der Waals surface area contributed by atoms with Crippen molar-refractivity contribution in [1.82, 2.24) is 19.3 Å². The Balaban J connectivity index is 2.04. The molecule has 10 heteroatoms. The van der Waals surface area contributed by atoms with E-state index in [1.807, 2.05) is 0 Å². The lowest BCUT2D eigenvalue weighted by molar-refractivity contribution is 0.0695. The third kappa shape index (κ3) is 2.74. The molecule has 0 spiro atoms. The summed E-state index contributed by atoms with van der Waals surface area (Å²) in [6.07, 6.45) is 3.43. The molecule has 4 heterocycles. The van der Waals surface area contributed by atoms with Gasteiger partial charge in [-0.05, 0) is 12.5 Å². The molecule has 0 bridgehead atoms. The molecule has 27 heavy (non-hydrogen) atoms. The number of aromatic nitrogens is 4. The van der Waals surface area contributed by atoms with E-state index in [-0.39, 0.29) is 22.9 Å². The summed E-state index contributed by atoms with van der Waals surface area (Å²) in [7, 11) is 1.67. The van der Waals surface area contributed by atoms with E-state index in [9.17, 15) is 19.1 Å². The number of pyridine rings is 2. The van der Waals surface area contributed by atoms with E-state index in [1.165, 1.54) is 21.6 Å². The zero-order chi connectivity index (χ0) is 19.3. The number of halogens is 1. The Labute approximate surface area is 152 Å². The van der Waals surface area contributed by atoms with Crippen LogP contribution in [0.2, 0.25) is 0 Å².